The van der Waals surface area contributed by atoms with E-state index in [2.05, 4.69) is 4.72 Å². The number of hydrogen-bond acceptors (Lipinski definition) is 5. The van der Waals surface area contributed by atoms with E-state index < -0.39 is 20.7 Å². The van der Waals surface area contributed by atoms with Crippen molar-refractivity contribution < 1.29 is 18.4 Å². The van der Waals surface area contributed by atoms with E-state index in [0.29, 0.717) is 0 Å². The van der Waals surface area contributed by atoms with Crippen molar-refractivity contribution in [3.63, 3.8) is 0 Å². The minimum atomic E-state index is -3.67. The van der Waals surface area contributed by atoms with Crippen molar-refractivity contribution in [2.45, 2.75) is 5.75 Å². The summed E-state index contributed by atoms with van der Waals surface area (Å²) in [5, 5.41) is 19.2. The smallest absolute Gasteiger partial charge is 0.273 e. The molecule has 0 atom stereocenters. The Morgan fingerprint density at radius 1 is 1.35 bits per heavy atom. The van der Waals surface area contributed by atoms with Crippen molar-refractivity contribution in [1.82, 2.24) is 4.72 Å². The summed E-state index contributed by atoms with van der Waals surface area (Å²) in [4.78, 5) is 10.0. The van der Waals surface area contributed by atoms with Gasteiger partial charge in [-0.3, -0.25) is 10.1 Å². The van der Waals surface area contributed by atoms with Crippen LogP contribution in [0.25, 0.3) is 0 Å². The first kappa shape index (κ1) is 13.6. The summed E-state index contributed by atoms with van der Waals surface area (Å²) in [6, 6.07) is 5.63. The van der Waals surface area contributed by atoms with E-state index in [4.69, 9.17) is 5.11 Å². The predicted molar refractivity (Wildman–Crippen MR) is 60.8 cm³/mol. The Bertz CT molecular complexity index is 500. The lowest BCUT2D eigenvalue weighted by Crippen LogP contribution is -2.28. The molecule has 0 fully saturated rings. The van der Waals surface area contributed by atoms with Crippen molar-refractivity contribution in [1.29, 1.82) is 0 Å². The number of rotatable bonds is 6. The zero-order valence-electron chi connectivity index (χ0n) is 8.87. The first-order valence-electron chi connectivity index (χ1n) is 4.77. The highest BCUT2D eigenvalue weighted by Gasteiger charge is 2.18. The lowest BCUT2D eigenvalue weighted by molar-refractivity contribution is -0.385. The van der Waals surface area contributed by atoms with Crippen molar-refractivity contribution >= 4 is 15.7 Å². The van der Waals surface area contributed by atoms with E-state index in [-0.39, 0.29) is 24.4 Å². The SMILES string of the molecule is O=[N+]([O-])c1ccccc1CS(=O)(=O)NCCO. The highest BCUT2D eigenvalue weighted by molar-refractivity contribution is 7.88. The Labute approximate surface area is 98.3 Å². The minimum Gasteiger partial charge on any atom is -0.395 e. The maximum Gasteiger partial charge on any atom is 0.273 e. The van der Waals surface area contributed by atoms with Crippen LogP contribution in [0, 0.1) is 10.1 Å². The van der Waals surface area contributed by atoms with Gasteiger partial charge in [-0.2, -0.15) is 0 Å². The summed E-state index contributed by atoms with van der Waals surface area (Å²) < 4.78 is 25.1. The Kier molecular flexibility index (Phi) is 4.55. The topological polar surface area (TPSA) is 110 Å². The summed E-state index contributed by atoms with van der Waals surface area (Å²) in [7, 11) is -3.67. The third-order valence-corrected chi connectivity index (χ3v) is 3.30. The predicted octanol–water partition coefficient (Wildman–Crippen LogP) is 0.00650. The minimum absolute atomic E-state index is 0.108. The van der Waals surface area contributed by atoms with E-state index in [1.807, 2.05) is 0 Å². The van der Waals surface area contributed by atoms with Crippen LogP contribution in [0.15, 0.2) is 24.3 Å². The van der Waals surface area contributed by atoms with Gasteiger partial charge in [0.2, 0.25) is 10.0 Å². The molecule has 0 spiro atoms. The summed E-state index contributed by atoms with van der Waals surface area (Å²) >= 11 is 0. The third-order valence-electron chi connectivity index (χ3n) is 1.97. The molecule has 0 radical (unpaired) electrons. The fraction of sp³-hybridized carbons (Fsp3) is 0.333. The zero-order valence-corrected chi connectivity index (χ0v) is 9.68. The second kappa shape index (κ2) is 5.71. The van der Waals surface area contributed by atoms with Gasteiger partial charge < -0.3 is 5.11 Å². The average molecular weight is 260 g/mol. The van der Waals surface area contributed by atoms with Crippen molar-refractivity contribution in [2.24, 2.45) is 0 Å². The molecular formula is C9H12N2O5S. The van der Waals surface area contributed by atoms with E-state index >= 15 is 0 Å². The molecule has 8 heteroatoms. The molecule has 17 heavy (non-hydrogen) atoms. The average Bonchev–Trinajstić information content (AvgIpc) is 2.26. The summed E-state index contributed by atoms with van der Waals surface area (Å²) in [5.74, 6) is -0.482. The standard InChI is InChI=1S/C9H12N2O5S/c12-6-5-10-17(15,16)7-8-3-1-2-4-9(8)11(13)14/h1-4,10,12H,5-7H2. The van der Waals surface area contributed by atoms with Crippen molar-refractivity contribution in [3.8, 4) is 0 Å². The number of para-hydroxylation sites is 1. The maximum absolute atomic E-state index is 11.5. The van der Waals surface area contributed by atoms with Crippen LogP contribution in [0.1, 0.15) is 5.56 Å². The molecule has 0 saturated carbocycles. The van der Waals surface area contributed by atoms with Crippen LogP contribution in [0.2, 0.25) is 0 Å². The monoisotopic (exact) mass is 260 g/mol. The van der Waals surface area contributed by atoms with Crippen LogP contribution in [-0.4, -0.2) is 31.6 Å². The molecule has 0 unspecified atom stereocenters. The summed E-state index contributed by atoms with van der Waals surface area (Å²) in [6.07, 6.45) is 0. The molecule has 1 rings (SSSR count). The van der Waals surface area contributed by atoms with Gasteiger partial charge in [0.1, 0.15) is 0 Å². The molecule has 0 amide bonds. The van der Waals surface area contributed by atoms with Crippen LogP contribution in [0.3, 0.4) is 0 Å². The van der Waals surface area contributed by atoms with E-state index in [1.54, 1.807) is 0 Å². The van der Waals surface area contributed by atoms with Gasteiger partial charge in [0.05, 0.1) is 17.3 Å². The van der Waals surface area contributed by atoms with Crippen LogP contribution in [0.4, 0.5) is 5.69 Å². The Balaban J connectivity index is 2.92. The van der Waals surface area contributed by atoms with Gasteiger partial charge in [-0.05, 0) is 0 Å². The van der Waals surface area contributed by atoms with Gasteiger partial charge in [0.15, 0.2) is 0 Å². The first-order chi connectivity index (χ1) is 7.96. The highest BCUT2D eigenvalue weighted by atomic mass is 32.2. The molecular weight excluding hydrogens is 248 g/mol. The number of hydrogen-bond donors (Lipinski definition) is 2. The van der Waals surface area contributed by atoms with Crippen LogP contribution >= 0.6 is 0 Å². The van der Waals surface area contributed by atoms with Gasteiger partial charge in [-0.15, -0.1) is 0 Å². The first-order valence-corrected chi connectivity index (χ1v) is 6.42. The largest absolute Gasteiger partial charge is 0.395 e. The third kappa shape index (κ3) is 4.10. The normalized spacial score (nSPS) is 11.4. The lowest BCUT2D eigenvalue weighted by atomic mass is 10.2. The molecule has 0 heterocycles. The molecule has 0 aliphatic carbocycles. The molecule has 1 aromatic carbocycles. The highest BCUT2D eigenvalue weighted by Crippen LogP contribution is 2.19. The summed E-state index contributed by atoms with van der Waals surface area (Å²) in [6.45, 7) is -0.431. The Hall–Kier alpha value is -1.51. The fourth-order valence-electron chi connectivity index (χ4n) is 1.27. The Morgan fingerprint density at radius 3 is 2.59 bits per heavy atom. The van der Waals surface area contributed by atoms with Crippen LogP contribution in [0.5, 0.6) is 0 Å². The quantitative estimate of drug-likeness (QED) is 0.553. The van der Waals surface area contributed by atoms with Gasteiger partial charge in [0.25, 0.3) is 5.69 Å². The number of nitrogens with one attached hydrogen (secondary N) is 1. The molecule has 1 aromatic rings. The van der Waals surface area contributed by atoms with Crippen molar-refractivity contribution in [3.05, 3.63) is 39.9 Å². The van der Waals surface area contributed by atoms with E-state index in [0.717, 1.165) is 0 Å². The lowest BCUT2D eigenvalue weighted by Gasteiger charge is -2.05. The molecule has 94 valence electrons. The van der Waals surface area contributed by atoms with Gasteiger partial charge >= 0.3 is 0 Å². The summed E-state index contributed by atoms with van der Waals surface area (Å²) in [5.41, 5.74) is -0.121. The number of nitro groups is 1. The van der Waals surface area contributed by atoms with Crippen LogP contribution < -0.4 is 4.72 Å². The number of nitrogens with zero attached hydrogens (tertiary/aromatic N) is 1. The van der Waals surface area contributed by atoms with Gasteiger partial charge in [0, 0.05) is 18.2 Å². The molecule has 7 nitrogen and oxygen atoms in total. The Morgan fingerprint density at radius 2 is 2.00 bits per heavy atom. The number of aliphatic hydroxyl groups excluding tert-OH is 1. The number of nitro benzene ring substituents is 1. The second-order valence-electron chi connectivity index (χ2n) is 3.26. The molecule has 0 aromatic heterocycles. The number of aliphatic hydroxyl groups is 1. The van der Waals surface area contributed by atoms with Gasteiger partial charge in [-0.25, -0.2) is 13.1 Å². The molecule has 2 N–H and O–H groups in total. The van der Waals surface area contributed by atoms with Gasteiger partial charge in [-0.1, -0.05) is 18.2 Å². The fourth-order valence-corrected chi connectivity index (χ4v) is 2.43. The number of sulfonamides is 1. The maximum atomic E-state index is 11.5. The second-order valence-corrected chi connectivity index (χ2v) is 5.07. The molecule has 0 bridgehead atoms. The molecule has 0 aliphatic rings. The van der Waals surface area contributed by atoms with Crippen molar-refractivity contribution in [2.75, 3.05) is 13.2 Å². The van der Waals surface area contributed by atoms with E-state index in [1.165, 1.54) is 24.3 Å². The molecule has 0 saturated heterocycles. The van der Waals surface area contributed by atoms with Crippen LogP contribution in [-0.2, 0) is 15.8 Å². The number of benzene rings is 1. The molecule has 0 aliphatic heterocycles. The zero-order chi connectivity index (χ0) is 12.9. The van der Waals surface area contributed by atoms with E-state index in [9.17, 15) is 18.5 Å².